The van der Waals surface area contributed by atoms with Gasteiger partial charge in [0.2, 0.25) is 0 Å². The molecule has 0 saturated carbocycles. The van der Waals surface area contributed by atoms with Gasteiger partial charge in [0.15, 0.2) is 0 Å². The molecule has 0 unspecified atom stereocenters. The number of carbonyl (C=O) groups is 1. The Morgan fingerprint density at radius 3 is 2.41 bits per heavy atom. The molecule has 0 N–H and O–H groups in total. The number of thioether (sulfide) groups is 1. The highest BCUT2D eigenvalue weighted by Crippen LogP contribution is 2.38. The van der Waals surface area contributed by atoms with Crippen molar-refractivity contribution in [3.05, 3.63) is 66.5 Å². The number of likely N-dealkylation sites (N-methyl/N-ethyl adjacent to an activating group) is 1. The average molecular weight is 479 g/mol. The predicted molar refractivity (Wildman–Crippen MR) is 118 cm³/mol. The van der Waals surface area contributed by atoms with Crippen molar-refractivity contribution in [2.24, 2.45) is 0 Å². The van der Waals surface area contributed by atoms with Gasteiger partial charge in [-0.2, -0.15) is 0 Å². The van der Waals surface area contributed by atoms with Gasteiger partial charge in [-0.15, -0.1) is 0 Å². The van der Waals surface area contributed by atoms with Crippen molar-refractivity contribution in [1.82, 2.24) is 4.90 Å². The second-order valence-corrected chi connectivity index (χ2v) is 8.87. The molecule has 0 aromatic heterocycles. The molecular weight excluding hydrogens is 468 g/mol. The molecule has 3 nitrogen and oxygen atoms in total. The van der Waals surface area contributed by atoms with Gasteiger partial charge in [0.25, 0.3) is 5.91 Å². The largest absolute Gasteiger partial charge is 0.487 e. The fraction of sp³-hybridized carbons (Fsp3) is 0.111. The Morgan fingerprint density at radius 2 is 1.81 bits per heavy atom. The van der Waals surface area contributed by atoms with Crippen LogP contribution in [0.4, 0.5) is 0 Å². The monoisotopic (exact) mass is 477 g/mol. The smallest absolute Gasteiger partial charge is 0.265 e. The minimum absolute atomic E-state index is 0.107. The van der Waals surface area contributed by atoms with Gasteiger partial charge in [-0.25, -0.2) is 0 Å². The average Bonchev–Trinajstić information content (AvgIpc) is 2.83. The van der Waals surface area contributed by atoms with Crippen LogP contribution in [0.3, 0.4) is 0 Å². The highest BCUT2D eigenvalue weighted by Gasteiger charge is 2.29. The number of hydrogen-bond donors (Lipinski definition) is 0. The van der Waals surface area contributed by atoms with Crippen molar-refractivity contribution >= 4 is 86.7 Å². The second-order valence-electron chi connectivity index (χ2n) is 5.54. The number of hydrogen-bond acceptors (Lipinski definition) is 4. The molecule has 0 atom stereocenters. The maximum Gasteiger partial charge on any atom is 0.265 e. The standard InChI is InChI=1S/C18H11Cl4NO2S2/c1-23-17(24)15(27-18(23)26)6-9-5-10(19)7-14(22)16(9)25-8-11-12(20)3-2-4-13(11)21/h2-7H,8H2,1H3/b15-6+. The first kappa shape index (κ1) is 20.8. The molecule has 1 saturated heterocycles. The van der Waals surface area contributed by atoms with Gasteiger partial charge in [0.05, 0.1) is 9.93 Å². The zero-order chi connectivity index (χ0) is 19.7. The normalized spacial score (nSPS) is 15.7. The van der Waals surface area contributed by atoms with Gasteiger partial charge in [0.1, 0.15) is 16.7 Å². The van der Waals surface area contributed by atoms with Crippen molar-refractivity contribution in [3.8, 4) is 5.75 Å². The summed E-state index contributed by atoms with van der Waals surface area (Å²) in [5.74, 6) is 0.180. The molecule has 0 radical (unpaired) electrons. The summed E-state index contributed by atoms with van der Waals surface area (Å²) in [5, 5.41) is 1.70. The summed E-state index contributed by atoms with van der Waals surface area (Å²) < 4.78 is 6.38. The maximum atomic E-state index is 12.3. The van der Waals surface area contributed by atoms with E-state index in [4.69, 9.17) is 63.4 Å². The Labute approximate surface area is 186 Å². The van der Waals surface area contributed by atoms with Gasteiger partial charge in [-0.3, -0.25) is 9.69 Å². The lowest BCUT2D eigenvalue weighted by molar-refractivity contribution is -0.121. The summed E-state index contributed by atoms with van der Waals surface area (Å²) in [5.41, 5.74) is 1.20. The lowest BCUT2D eigenvalue weighted by Crippen LogP contribution is -2.22. The third-order valence-corrected chi connectivity index (χ3v) is 6.42. The topological polar surface area (TPSA) is 29.5 Å². The van der Waals surface area contributed by atoms with Crippen molar-refractivity contribution in [3.63, 3.8) is 0 Å². The van der Waals surface area contributed by atoms with Crippen LogP contribution in [-0.4, -0.2) is 22.2 Å². The van der Waals surface area contributed by atoms with Gasteiger partial charge in [-0.1, -0.05) is 76.4 Å². The predicted octanol–water partition coefficient (Wildman–Crippen LogP) is 6.71. The fourth-order valence-corrected chi connectivity index (χ4v) is 4.58. The number of ether oxygens (including phenoxy) is 1. The molecule has 3 rings (SSSR count). The number of halogens is 4. The van der Waals surface area contributed by atoms with Crippen LogP contribution in [0.2, 0.25) is 20.1 Å². The molecule has 2 aromatic carbocycles. The number of rotatable bonds is 4. The summed E-state index contributed by atoms with van der Waals surface area (Å²) >= 11 is 31.2. The molecule has 0 spiro atoms. The van der Waals surface area contributed by atoms with E-state index in [-0.39, 0.29) is 12.5 Å². The van der Waals surface area contributed by atoms with E-state index in [1.54, 1.807) is 43.5 Å². The molecule has 1 fully saturated rings. The van der Waals surface area contributed by atoms with E-state index in [9.17, 15) is 4.79 Å². The maximum absolute atomic E-state index is 12.3. The van der Waals surface area contributed by atoms with Crippen LogP contribution in [0, 0.1) is 0 Å². The lowest BCUT2D eigenvalue weighted by Gasteiger charge is -2.14. The number of thiocarbonyl (C=S) groups is 1. The molecule has 1 aliphatic heterocycles. The first-order valence-corrected chi connectivity index (χ1v) is 10.3. The van der Waals surface area contributed by atoms with Crippen molar-refractivity contribution in [1.29, 1.82) is 0 Å². The first-order chi connectivity index (χ1) is 12.8. The van der Waals surface area contributed by atoms with Gasteiger partial charge < -0.3 is 4.74 Å². The zero-order valence-corrected chi connectivity index (χ0v) is 18.4. The van der Waals surface area contributed by atoms with Crippen LogP contribution in [-0.2, 0) is 11.4 Å². The molecule has 1 amide bonds. The van der Waals surface area contributed by atoms with E-state index in [1.807, 2.05) is 0 Å². The molecule has 1 heterocycles. The SMILES string of the molecule is CN1C(=O)/C(=C\c2cc(Cl)cc(Cl)c2OCc2c(Cl)cccc2Cl)SC1=S. The summed E-state index contributed by atoms with van der Waals surface area (Å²) in [6, 6.07) is 8.43. The van der Waals surface area contributed by atoms with Crippen molar-refractivity contribution in [2.75, 3.05) is 7.05 Å². The first-order valence-electron chi connectivity index (χ1n) is 7.54. The summed E-state index contributed by atoms with van der Waals surface area (Å²) in [4.78, 5) is 14.1. The summed E-state index contributed by atoms with van der Waals surface area (Å²) in [7, 11) is 1.63. The number of amides is 1. The van der Waals surface area contributed by atoms with E-state index in [0.29, 0.717) is 46.2 Å². The Morgan fingerprint density at radius 1 is 1.15 bits per heavy atom. The molecule has 0 aliphatic carbocycles. The summed E-state index contributed by atoms with van der Waals surface area (Å²) in [6.45, 7) is 0.107. The minimum atomic E-state index is -0.193. The van der Waals surface area contributed by atoms with E-state index in [1.165, 1.54) is 16.7 Å². The molecular formula is C18H11Cl4NO2S2. The van der Waals surface area contributed by atoms with E-state index in [0.717, 1.165) is 0 Å². The van der Waals surface area contributed by atoms with Gasteiger partial charge >= 0.3 is 0 Å². The quantitative estimate of drug-likeness (QED) is 0.360. The van der Waals surface area contributed by atoms with E-state index >= 15 is 0 Å². The Bertz CT molecular complexity index is 958. The van der Waals surface area contributed by atoms with Gasteiger partial charge in [-0.05, 0) is 30.3 Å². The lowest BCUT2D eigenvalue weighted by atomic mass is 10.1. The highest BCUT2D eigenvalue weighted by atomic mass is 35.5. The van der Waals surface area contributed by atoms with Crippen LogP contribution in [0.15, 0.2) is 35.2 Å². The fourth-order valence-electron chi connectivity index (χ4n) is 2.34. The van der Waals surface area contributed by atoms with Gasteiger partial charge in [0, 0.05) is 33.2 Å². The van der Waals surface area contributed by atoms with Crippen LogP contribution in [0.5, 0.6) is 5.75 Å². The third-order valence-electron chi connectivity index (χ3n) is 3.73. The van der Waals surface area contributed by atoms with Crippen LogP contribution in [0.1, 0.15) is 11.1 Å². The Kier molecular flexibility index (Phi) is 6.62. The molecule has 140 valence electrons. The Balaban J connectivity index is 1.96. The second kappa shape index (κ2) is 8.60. The van der Waals surface area contributed by atoms with E-state index < -0.39 is 0 Å². The number of carbonyl (C=O) groups excluding carboxylic acids is 1. The van der Waals surface area contributed by atoms with Crippen LogP contribution in [0.25, 0.3) is 6.08 Å². The third kappa shape index (κ3) is 4.56. The number of benzene rings is 2. The molecule has 0 bridgehead atoms. The number of nitrogens with zero attached hydrogens (tertiary/aromatic N) is 1. The highest BCUT2D eigenvalue weighted by molar-refractivity contribution is 8.26. The summed E-state index contributed by atoms with van der Waals surface area (Å²) in [6.07, 6.45) is 1.66. The van der Waals surface area contributed by atoms with Crippen LogP contribution >= 0.6 is 70.4 Å². The van der Waals surface area contributed by atoms with Crippen LogP contribution < -0.4 is 4.74 Å². The molecule has 1 aliphatic rings. The molecule has 2 aromatic rings. The van der Waals surface area contributed by atoms with E-state index in [2.05, 4.69) is 0 Å². The Hall–Kier alpha value is -0.950. The van der Waals surface area contributed by atoms with Crippen molar-refractivity contribution < 1.29 is 9.53 Å². The van der Waals surface area contributed by atoms with Crippen molar-refractivity contribution in [2.45, 2.75) is 6.61 Å². The zero-order valence-electron chi connectivity index (χ0n) is 13.8. The molecule has 27 heavy (non-hydrogen) atoms. The minimum Gasteiger partial charge on any atom is -0.487 e. The molecule has 9 heteroatoms.